The van der Waals surface area contributed by atoms with Crippen LogP contribution < -0.4 is 5.32 Å². The van der Waals surface area contributed by atoms with E-state index in [1.54, 1.807) is 30.5 Å². The van der Waals surface area contributed by atoms with E-state index >= 15 is 0 Å². The molecule has 0 fully saturated rings. The van der Waals surface area contributed by atoms with E-state index in [2.05, 4.69) is 10.3 Å². The van der Waals surface area contributed by atoms with Crippen LogP contribution in [-0.4, -0.2) is 10.9 Å². The van der Waals surface area contributed by atoms with Crippen molar-refractivity contribution in [1.29, 1.82) is 5.26 Å². The molecule has 0 aliphatic carbocycles. The van der Waals surface area contributed by atoms with Gasteiger partial charge in [-0.15, -0.1) is 11.3 Å². The molecule has 7 heteroatoms. The van der Waals surface area contributed by atoms with Gasteiger partial charge >= 0.3 is 0 Å². The number of hydrogen-bond acceptors (Lipinski definition) is 4. The molecule has 26 heavy (non-hydrogen) atoms. The van der Waals surface area contributed by atoms with Crippen molar-refractivity contribution in [2.24, 2.45) is 0 Å². The zero-order valence-electron chi connectivity index (χ0n) is 13.5. The number of amides is 1. The van der Waals surface area contributed by atoms with Crippen LogP contribution in [0.15, 0.2) is 48.7 Å². The molecule has 1 aromatic heterocycles. The van der Waals surface area contributed by atoms with Crippen LogP contribution in [0.1, 0.15) is 26.4 Å². The molecule has 1 heterocycles. The minimum absolute atomic E-state index is 0.233. The highest BCUT2D eigenvalue weighted by molar-refractivity contribution is 7.15. The summed E-state index contributed by atoms with van der Waals surface area (Å²) in [6, 6.07) is 12.6. The maximum absolute atomic E-state index is 13.3. The van der Waals surface area contributed by atoms with Crippen molar-refractivity contribution in [3.63, 3.8) is 0 Å². The predicted octanol–water partition coefficient (Wildman–Crippen LogP) is 4.33. The number of carbonyl (C=O) groups is 1. The van der Waals surface area contributed by atoms with Gasteiger partial charge in [0, 0.05) is 23.1 Å². The largest absolute Gasteiger partial charge is 0.298 e. The zero-order chi connectivity index (χ0) is 18.5. The number of aromatic nitrogens is 1. The van der Waals surface area contributed by atoms with Crippen LogP contribution in [0.25, 0.3) is 0 Å². The summed E-state index contributed by atoms with van der Waals surface area (Å²) in [5.41, 5.74) is 1.82. The molecule has 2 aromatic carbocycles. The molecule has 0 radical (unpaired) electrons. The van der Waals surface area contributed by atoms with E-state index in [4.69, 9.17) is 5.26 Å². The summed E-state index contributed by atoms with van der Waals surface area (Å²) in [6.45, 7) is 0. The summed E-state index contributed by atoms with van der Waals surface area (Å²) in [6.07, 6.45) is 2.22. The molecule has 130 valence electrons. The molecule has 0 unspecified atom stereocenters. The van der Waals surface area contributed by atoms with Crippen LogP contribution in [-0.2, 0) is 12.8 Å². The SMILES string of the molecule is N#CCc1cccc(C(=O)Nc2ncc(Cc3ccc(F)c(F)c3)s2)c1. The summed E-state index contributed by atoms with van der Waals surface area (Å²) in [5, 5.41) is 11.9. The number of nitrogens with zero attached hydrogens (tertiary/aromatic N) is 2. The third-order valence-corrected chi connectivity index (χ3v) is 4.52. The van der Waals surface area contributed by atoms with Crippen LogP contribution in [0.4, 0.5) is 13.9 Å². The molecule has 0 bridgehead atoms. The number of thiazole rings is 1. The lowest BCUT2D eigenvalue weighted by molar-refractivity contribution is 0.102. The lowest BCUT2D eigenvalue weighted by Crippen LogP contribution is -2.11. The lowest BCUT2D eigenvalue weighted by Gasteiger charge is -2.03. The molecule has 0 saturated carbocycles. The van der Waals surface area contributed by atoms with Gasteiger partial charge in [-0.1, -0.05) is 18.2 Å². The molecule has 3 aromatic rings. The van der Waals surface area contributed by atoms with E-state index < -0.39 is 11.6 Å². The van der Waals surface area contributed by atoms with Crippen molar-refractivity contribution in [3.05, 3.63) is 81.9 Å². The summed E-state index contributed by atoms with van der Waals surface area (Å²) in [4.78, 5) is 17.3. The molecule has 4 nitrogen and oxygen atoms in total. The van der Waals surface area contributed by atoms with Gasteiger partial charge < -0.3 is 0 Å². The Morgan fingerprint density at radius 2 is 2.00 bits per heavy atom. The Bertz CT molecular complexity index is 994. The second-order valence-corrected chi connectivity index (χ2v) is 6.66. The molecular formula is C19H13F2N3OS. The molecule has 1 N–H and O–H groups in total. The molecule has 1 amide bonds. The fourth-order valence-electron chi connectivity index (χ4n) is 2.38. The monoisotopic (exact) mass is 369 g/mol. The van der Waals surface area contributed by atoms with Crippen molar-refractivity contribution < 1.29 is 13.6 Å². The van der Waals surface area contributed by atoms with Gasteiger partial charge in [0.25, 0.3) is 5.91 Å². The Balaban J connectivity index is 1.68. The summed E-state index contributed by atoms with van der Waals surface area (Å²) < 4.78 is 26.2. The topological polar surface area (TPSA) is 65.8 Å². The number of hydrogen-bond donors (Lipinski definition) is 1. The highest BCUT2D eigenvalue weighted by Crippen LogP contribution is 2.22. The van der Waals surface area contributed by atoms with Gasteiger partial charge in [-0.3, -0.25) is 10.1 Å². The van der Waals surface area contributed by atoms with E-state index in [0.717, 1.165) is 22.6 Å². The molecule has 0 spiro atoms. The van der Waals surface area contributed by atoms with Crippen molar-refractivity contribution in [1.82, 2.24) is 4.98 Å². The Morgan fingerprint density at radius 1 is 1.15 bits per heavy atom. The van der Waals surface area contributed by atoms with Crippen LogP contribution in [0.5, 0.6) is 0 Å². The van der Waals surface area contributed by atoms with Crippen molar-refractivity contribution in [3.8, 4) is 6.07 Å². The number of nitriles is 1. The third-order valence-electron chi connectivity index (χ3n) is 3.61. The Morgan fingerprint density at radius 3 is 2.77 bits per heavy atom. The molecule has 0 atom stereocenters. The number of benzene rings is 2. The predicted molar refractivity (Wildman–Crippen MR) is 95.0 cm³/mol. The van der Waals surface area contributed by atoms with E-state index in [-0.39, 0.29) is 12.3 Å². The standard InChI is InChI=1S/C19H13F2N3OS/c20-16-5-4-13(10-17(16)21)9-15-11-23-19(26-15)24-18(25)14-3-1-2-12(8-14)6-7-22/h1-5,8,10-11H,6,9H2,(H,23,24,25). The van der Waals surface area contributed by atoms with Gasteiger partial charge in [-0.2, -0.15) is 5.26 Å². The third kappa shape index (κ3) is 4.29. The van der Waals surface area contributed by atoms with Gasteiger partial charge in [-0.05, 0) is 35.4 Å². The Kier molecular flexibility index (Phi) is 5.34. The van der Waals surface area contributed by atoms with Crippen LogP contribution >= 0.6 is 11.3 Å². The number of anilines is 1. The van der Waals surface area contributed by atoms with E-state index in [9.17, 15) is 13.6 Å². The molecule has 0 aliphatic heterocycles. The van der Waals surface area contributed by atoms with Crippen molar-refractivity contribution in [2.45, 2.75) is 12.8 Å². The second-order valence-electron chi connectivity index (χ2n) is 5.55. The average Bonchev–Trinajstić information content (AvgIpc) is 3.05. The van der Waals surface area contributed by atoms with Gasteiger partial charge in [0.15, 0.2) is 16.8 Å². The van der Waals surface area contributed by atoms with Gasteiger partial charge in [0.1, 0.15) is 0 Å². The van der Waals surface area contributed by atoms with Gasteiger partial charge in [0.2, 0.25) is 0 Å². The first-order valence-electron chi connectivity index (χ1n) is 7.71. The summed E-state index contributed by atoms with van der Waals surface area (Å²) in [5.74, 6) is -2.10. The quantitative estimate of drug-likeness (QED) is 0.728. The molecule has 0 aliphatic rings. The van der Waals surface area contributed by atoms with E-state index in [1.165, 1.54) is 17.4 Å². The lowest BCUT2D eigenvalue weighted by atomic mass is 10.1. The number of halogens is 2. The first kappa shape index (κ1) is 17.7. The second kappa shape index (κ2) is 7.85. The minimum Gasteiger partial charge on any atom is -0.298 e. The van der Waals surface area contributed by atoms with Crippen LogP contribution in [0, 0.1) is 23.0 Å². The highest BCUT2D eigenvalue weighted by atomic mass is 32.1. The fourth-order valence-corrected chi connectivity index (χ4v) is 3.22. The number of rotatable bonds is 5. The van der Waals surface area contributed by atoms with Crippen molar-refractivity contribution in [2.75, 3.05) is 5.32 Å². The Hall–Kier alpha value is -3.11. The molecule has 0 saturated heterocycles. The minimum atomic E-state index is -0.891. The van der Waals surface area contributed by atoms with Crippen LogP contribution in [0.2, 0.25) is 0 Å². The highest BCUT2D eigenvalue weighted by Gasteiger charge is 2.11. The molecule has 3 rings (SSSR count). The summed E-state index contributed by atoms with van der Waals surface area (Å²) in [7, 11) is 0. The maximum Gasteiger partial charge on any atom is 0.257 e. The average molecular weight is 369 g/mol. The van der Waals surface area contributed by atoms with E-state index in [1.807, 2.05) is 6.07 Å². The first-order valence-corrected chi connectivity index (χ1v) is 8.52. The van der Waals surface area contributed by atoms with Crippen LogP contribution in [0.3, 0.4) is 0 Å². The number of carbonyl (C=O) groups excluding carboxylic acids is 1. The summed E-state index contributed by atoms with van der Waals surface area (Å²) >= 11 is 1.26. The smallest absolute Gasteiger partial charge is 0.257 e. The zero-order valence-corrected chi connectivity index (χ0v) is 14.3. The normalized spacial score (nSPS) is 10.3. The maximum atomic E-state index is 13.3. The van der Waals surface area contributed by atoms with Gasteiger partial charge in [-0.25, -0.2) is 13.8 Å². The van der Waals surface area contributed by atoms with Gasteiger partial charge in [0.05, 0.1) is 12.5 Å². The van der Waals surface area contributed by atoms with Crippen molar-refractivity contribution >= 4 is 22.4 Å². The first-order chi connectivity index (χ1) is 12.5. The van der Waals surface area contributed by atoms with E-state index in [0.29, 0.717) is 22.7 Å². The fraction of sp³-hybridized carbons (Fsp3) is 0.105. The number of nitrogens with one attached hydrogen (secondary N) is 1. The Labute approximate surface area is 152 Å². The molecular weight excluding hydrogens is 356 g/mol.